The molecule has 0 amide bonds. The van der Waals surface area contributed by atoms with Crippen LogP contribution in [0.5, 0.6) is 0 Å². The van der Waals surface area contributed by atoms with Crippen LogP contribution in [0.2, 0.25) is 0 Å². The van der Waals surface area contributed by atoms with E-state index < -0.39 is 0 Å². The summed E-state index contributed by atoms with van der Waals surface area (Å²) >= 11 is 0. The van der Waals surface area contributed by atoms with E-state index in [4.69, 9.17) is 0 Å². The van der Waals surface area contributed by atoms with Crippen molar-refractivity contribution in [2.75, 3.05) is 6.54 Å². The van der Waals surface area contributed by atoms with Crippen LogP contribution in [0.3, 0.4) is 0 Å². The predicted octanol–water partition coefficient (Wildman–Crippen LogP) is 4.81. The SMILES string of the molecule is CC(C)CCC(CNC(C)(C)C)Cc1cccc(F)c1. The lowest BCUT2D eigenvalue weighted by Gasteiger charge is -2.26. The third-order valence-electron chi connectivity index (χ3n) is 3.49. The van der Waals surface area contributed by atoms with Gasteiger partial charge in [-0.05, 0) is 69.7 Å². The average molecular weight is 279 g/mol. The van der Waals surface area contributed by atoms with Gasteiger partial charge in [0.05, 0.1) is 0 Å². The molecule has 0 aliphatic rings. The van der Waals surface area contributed by atoms with E-state index >= 15 is 0 Å². The van der Waals surface area contributed by atoms with Crippen molar-refractivity contribution in [1.82, 2.24) is 5.32 Å². The molecule has 0 saturated heterocycles. The first-order valence-corrected chi connectivity index (χ1v) is 7.76. The molecular formula is C18H30FN. The summed E-state index contributed by atoms with van der Waals surface area (Å²) in [7, 11) is 0. The number of benzene rings is 1. The molecule has 1 aromatic rings. The molecule has 0 saturated carbocycles. The first-order valence-electron chi connectivity index (χ1n) is 7.76. The molecular weight excluding hydrogens is 249 g/mol. The van der Waals surface area contributed by atoms with E-state index in [2.05, 4.69) is 39.9 Å². The fraction of sp³-hybridized carbons (Fsp3) is 0.667. The molecule has 0 aliphatic heterocycles. The van der Waals surface area contributed by atoms with Crippen LogP contribution in [-0.2, 0) is 6.42 Å². The quantitative estimate of drug-likeness (QED) is 0.755. The van der Waals surface area contributed by atoms with Crippen LogP contribution in [-0.4, -0.2) is 12.1 Å². The fourth-order valence-corrected chi connectivity index (χ4v) is 2.29. The standard InChI is InChI=1S/C18H30FN/c1-14(2)9-10-16(13-20-18(3,4)5)11-15-7-6-8-17(19)12-15/h6-8,12,14,16,20H,9-11,13H2,1-5H3. The van der Waals surface area contributed by atoms with E-state index in [1.54, 1.807) is 12.1 Å². The zero-order valence-corrected chi connectivity index (χ0v) is 13.7. The minimum Gasteiger partial charge on any atom is -0.312 e. The zero-order valence-electron chi connectivity index (χ0n) is 13.7. The predicted molar refractivity (Wildman–Crippen MR) is 85.4 cm³/mol. The Morgan fingerprint density at radius 1 is 1.15 bits per heavy atom. The summed E-state index contributed by atoms with van der Waals surface area (Å²) in [5, 5.41) is 3.59. The largest absolute Gasteiger partial charge is 0.312 e. The van der Waals surface area contributed by atoms with E-state index in [1.165, 1.54) is 18.9 Å². The smallest absolute Gasteiger partial charge is 0.123 e. The minimum absolute atomic E-state index is 0.131. The van der Waals surface area contributed by atoms with Crippen LogP contribution in [0.15, 0.2) is 24.3 Å². The monoisotopic (exact) mass is 279 g/mol. The van der Waals surface area contributed by atoms with Crippen LogP contribution >= 0.6 is 0 Å². The fourth-order valence-electron chi connectivity index (χ4n) is 2.29. The van der Waals surface area contributed by atoms with Gasteiger partial charge in [-0.25, -0.2) is 4.39 Å². The molecule has 0 bridgehead atoms. The summed E-state index contributed by atoms with van der Waals surface area (Å²) in [6, 6.07) is 7.02. The third kappa shape index (κ3) is 7.64. The molecule has 0 fully saturated rings. The Kier molecular flexibility index (Phi) is 6.67. The second kappa shape index (κ2) is 7.78. The lowest BCUT2D eigenvalue weighted by molar-refractivity contribution is 0.340. The number of rotatable bonds is 7. The normalized spacial score (nSPS) is 13.8. The highest BCUT2D eigenvalue weighted by atomic mass is 19.1. The highest BCUT2D eigenvalue weighted by Crippen LogP contribution is 2.18. The van der Waals surface area contributed by atoms with E-state index in [0.29, 0.717) is 5.92 Å². The highest BCUT2D eigenvalue weighted by molar-refractivity contribution is 5.16. The lowest BCUT2D eigenvalue weighted by atomic mass is 9.91. The van der Waals surface area contributed by atoms with Gasteiger partial charge in [0.15, 0.2) is 0 Å². The second-order valence-corrected chi connectivity index (χ2v) is 7.30. The van der Waals surface area contributed by atoms with E-state index in [1.807, 2.05) is 6.07 Å². The molecule has 1 atom stereocenters. The van der Waals surface area contributed by atoms with Crippen molar-refractivity contribution in [2.24, 2.45) is 11.8 Å². The zero-order chi connectivity index (χ0) is 15.2. The average Bonchev–Trinajstić information content (AvgIpc) is 2.31. The molecule has 0 aliphatic carbocycles. The van der Waals surface area contributed by atoms with E-state index in [0.717, 1.165) is 24.4 Å². The van der Waals surface area contributed by atoms with Gasteiger partial charge in [0.1, 0.15) is 5.82 Å². The van der Waals surface area contributed by atoms with Crippen LogP contribution in [0.1, 0.15) is 53.0 Å². The van der Waals surface area contributed by atoms with E-state index in [9.17, 15) is 4.39 Å². The van der Waals surface area contributed by atoms with Gasteiger partial charge >= 0.3 is 0 Å². The molecule has 20 heavy (non-hydrogen) atoms. The first kappa shape index (κ1) is 17.2. The van der Waals surface area contributed by atoms with Crippen LogP contribution in [0, 0.1) is 17.7 Å². The molecule has 2 heteroatoms. The molecule has 1 nitrogen and oxygen atoms in total. The molecule has 1 N–H and O–H groups in total. The number of hydrogen-bond donors (Lipinski definition) is 1. The van der Waals surface area contributed by atoms with Crippen molar-refractivity contribution in [2.45, 2.75) is 59.4 Å². The van der Waals surface area contributed by atoms with Crippen molar-refractivity contribution in [1.29, 1.82) is 0 Å². The number of hydrogen-bond acceptors (Lipinski definition) is 1. The Hall–Kier alpha value is -0.890. The Bertz CT molecular complexity index is 393. The van der Waals surface area contributed by atoms with Gasteiger partial charge in [-0.3, -0.25) is 0 Å². The molecule has 1 rings (SSSR count). The minimum atomic E-state index is -0.131. The van der Waals surface area contributed by atoms with Crippen LogP contribution in [0.25, 0.3) is 0 Å². The summed E-state index contributed by atoms with van der Waals surface area (Å²) in [5.41, 5.74) is 1.24. The Morgan fingerprint density at radius 2 is 1.85 bits per heavy atom. The summed E-state index contributed by atoms with van der Waals surface area (Å²) in [6.45, 7) is 12.1. The maximum absolute atomic E-state index is 13.3. The Morgan fingerprint density at radius 3 is 2.40 bits per heavy atom. The Labute approximate surface area is 124 Å². The molecule has 0 heterocycles. The molecule has 1 aromatic carbocycles. The van der Waals surface area contributed by atoms with Crippen LogP contribution < -0.4 is 5.32 Å². The van der Waals surface area contributed by atoms with Crippen LogP contribution in [0.4, 0.5) is 4.39 Å². The van der Waals surface area contributed by atoms with E-state index in [-0.39, 0.29) is 11.4 Å². The molecule has 0 radical (unpaired) electrons. The molecule has 0 aromatic heterocycles. The van der Waals surface area contributed by atoms with Crippen molar-refractivity contribution < 1.29 is 4.39 Å². The van der Waals surface area contributed by atoms with Gasteiger partial charge in [0.25, 0.3) is 0 Å². The number of nitrogens with one attached hydrogen (secondary N) is 1. The summed E-state index contributed by atoms with van der Waals surface area (Å²) in [6.07, 6.45) is 3.37. The van der Waals surface area contributed by atoms with Gasteiger partial charge < -0.3 is 5.32 Å². The topological polar surface area (TPSA) is 12.0 Å². The summed E-state index contributed by atoms with van der Waals surface area (Å²) in [5.74, 6) is 1.16. The van der Waals surface area contributed by atoms with Gasteiger partial charge in [-0.15, -0.1) is 0 Å². The van der Waals surface area contributed by atoms with Gasteiger partial charge in [-0.1, -0.05) is 32.4 Å². The lowest BCUT2D eigenvalue weighted by Crippen LogP contribution is -2.39. The van der Waals surface area contributed by atoms with Gasteiger partial charge in [-0.2, -0.15) is 0 Å². The van der Waals surface area contributed by atoms with Crippen molar-refractivity contribution in [3.05, 3.63) is 35.6 Å². The summed E-state index contributed by atoms with van der Waals surface area (Å²) < 4.78 is 13.3. The summed E-state index contributed by atoms with van der Waals surface area (Å²) in [4.78, 5) is 0. The first-order chi connectivity index (χ1) is 9.26. The number of halogens is 1. The maximum Gasteiger partial charge on any atom is 0.123 e. The molecule has 0 spiro atoms. The third-order valence-corrected chi connectivity index (χ3v) is 3.49. The van der Waals surface area contributed by atoms with Gasteiger partial charge in [0.2, 0.25) is 0 Å². The Balaban J connectivity index is 2.61. The molecule has 1 unspecified atom stereocenters. The van der Waals surface area contributed by atoms with Gasteiger partial charge in [0, 0.05) is 5.54 Å². The molecule has 114 valence electrons. The maximum atomic E-state index is 13.3. The van der Waals surface area contributed by atoms with Crippen molar-refractivity contribution >= 4 is 0 Å². The second-order valence-electron chi connectivity index (χ2n) is 7.30. The van der Waals surface area contributed by atoms with Crippen molar-refractivity contribution in [3.63, 3.8) is 0 Å². The van der Waals surface area contributed by atoms with Crippen molar-refractivity contribution in [3.8, 4) is 0 Å². The highest BCUT2D eigenvalue weighted by Gasteiger charge is 2.15.